The van der Waals surface area contributed by atoms with Crippen LogP contribution in [0, 0.1) is 5.92 Å². The minimum Gasteiger partial charge on any atom is -0.548 e. The Morgan fingerprint density at radius 1 is 1.57 bits per heavy atom. The van der Waals surface area contributed by atoms with Crippen molar-refractivity contribution < 1.29 is 44.7 Å². The summed E-state index contributed by atoms with van der Waals surface area (Å²) >= 11 is 0. The number of aliphatic carboxylic acids is 1. The summed E-state index contributed by atoms with van der Waals surface area (Å²) in [5.41, 5.74) is -1.27. The molecule has 4 nitrogen and oxygen atoms in total. The maximum Gasteiger partial charge on any atom is 1.00 e. The summed E-state index contributed by atoms with van der Waals surface area (Å²) in [7, 11) is 0. The van der Waals surface area contributed by atoms with E-state index >= 15 is 0 Å². The van der Waals surface area contributed by atoms with Crippen molar-refractivity contribution in [3.63, 3.8) is 0 Å². The summed E-state index contributed by atoms with van der Waals surface area (Å²) < 4.78 is 0. The number of rotatable bonds is 5. The van der Waals surface area contributed by atoms with Gasteiger partial charge in [-0.15, -0.1) is 0 Å². The maximum absolute atomic E-state index is 10.8. The second kappa shape index (κ2) is 6.80. The molecule has 5 heteroatoms. The topological polar surface area (TPSA) is 63.6 Å². The van der Waals surface area contributed by atoms with E-state index in [4.69, 9.17) is 0 Å². The summed E-state index contributed by atoms with van der Waals surface area (Å²) in [5.74, 6) is -1.02. The Balaban J connectivity index is 0. The molecular formula is C9H18NNaO3. The molecule has 0 aromatic carbocycles. The van der Waals surface area contributed by atoms with Crippen LogP contribution in [0.5, 0.6) is 0 Å². The van der Waals surface area contributed by atoms with E-state index in [2.05, 4.69) is 0 Å². The van der Waals surface area contributed by atoms with Gasteiger partial charge in [-0.1, -0.05) is 20.8 Å². The number of nitrogens with zero attached hydrogens (tertiary/aromatic N) is 1. The summed E-state index contributed by atoms with van der Waals surface area (Å²) in [6.45, 7) is 7.32. The van der Waals surface area contributed by atoms with Crippen LogP contribution in [0.4, 0.5) is 0 Å². The molecule has 14 heavy (non-hydrogen) atoms. The smallest absolute Gasteiger partial charge is 0.548 e. The number of hydrogen-bond donors (Lipinski definition) is 1. The van der Waals surface area contributed by atoms with Crippen molar-refractivity contribution in [2.75, 3.05) is 6.54 Å². The first-order valence-corrected chi connectivity index (χ1v) is 4.52. The minimum absolute atomic E-state index is 0. The number of carbonyl (C=O) groups is 1. The number of carbonyl (C=O) groups excluding carboxylic acids is 1. The van der Waals surface area contributed by atoms with Crippen molar-refractivity contribution >= 4 is 5.97 Å². The van der Waals surface area contributed by atoms with Crippen molar-refractivity contribution in [1.82, 2.24) is 5.06 Å². The zero-order chi connectivity index (χ0) is 10.6. The second-order valence-corrected chi connectivity index (χ2v) is 3.89. The molecular weight excluding hydrogens is 193 g/mol. The Hall–Kier alpha value is 0.390. The van der Waals surface area contributed by atoms with Crippen molar-refractivity contribution in [3.8, 4) is 0 Å². The number of carboxylic acid groups (broad SMARTS) is 1. The summed E-state index contributed by atoms with van der Waals surface area (Å²) in [6, 6.07) is 0. The van der Waals surface area contributed by atoms with Gasteiger partial charge < -0.3 is 15.1 Å². The number of hydrogen-bond acceptors (Lipinski definition) is 4. The van der Waals surface area contributed by atoms with Crippen LogP contribution in [0.15, 0.2) is 0 Å². The van der Waals surface area contributed by atoms with E-state index < -0.39 is 11.5 Å². The molecule has 0 saturated heterocycles. The molecule has 1 unspecified atom stereocenters. The Morgan fingerprint density at radius 2 is 2.00 bits per heavy atom. The SMILES string of the molecule is CCC(C)(C(=O)[O-])N(O)CC(C)C.[Na+]. The van der Waals surface area contributed by atoms with Gasteiger partial charge in [-0.2, -0.15) is 5.06 Å². The molecule has 78 valence electrons. The second-order valence-electron chi connectivity index (χ2n) is 3.89. The third-order valence-electron chi connectivity index (χ3n) is 2.24. The van der Waals surface area contributed by atoms with Gasteiger partial charge in [0.25, 0.3) is 0 Å². The predicted octanol–water partition coefficient (Wildman–Crippen LogP) is -2.74. The first-order chi connectivity index (χ1) is 5.84. The Kier molecular flexibility index (Phi) is 8.16. The molecule has 0 aliphatic rings. The fraction of sp³-hybridized carbons (Fsp3) is 0.889. The molecule has 0 aromatic rings. The molecule has 0 radical (unpaired) electrons. The van der Waals surface area contributed by atoms with Crippen LogP contribution in [0.3, 0.4) is 0 Å². The monoisotopic (exact) mass is 211 g/mol. The van der Waals surface area contributed by atoms with Crippen molar-refractivity contribution in [1.29, 1.82) is 0 Å². The molecule has 1 N–H and O–H groups in total. The Labute approximate surface area is 108 Å². The van der Waals surface area contributed by atoms with Gasteiger partial charge in [0.15, 0.2) is 0 Å². The molecule has 0 rings (SSSR count). The minimum atomic E-state index is -1.27. The van der Waals surface area contributed by atoms with E-state index in [0.717, 1.165) is 5.06 Å². The van der Waals surface area contributed by atoms with E-state index in [1.165, 1.54) is 6.92 Å². The van der Waals surface area contributed by atoms with Gasteiger partial charge in [-0.25, -0.2) is 0 Å². The van der Waals surface area contributed by atoms with Crippen LogP contribution in [0.2, 0.25) is 0 Å². The molecule has 0 amide bonds. The zero-order valence-electron chi connectivity index (χ0n) is 9.70. The summed E-state index contributed by atoms with van der Waals surface area (Å²) in [6.07, 6.45) is 0.318. The first-order valence-electron chi connectivity index (χ1n) is 4.52. The van der Waals surface area contributed by atoms with Gasteiger partial charge in [0.05, 0.1) is 11.5 Å². The normalized spacial score (nSPS) is 15.1. The molecule has 0 bridgehead atoms. The molecule has 0 saturated carbocycles. The van der Waals surface area contributed by atoms with E-state index in [9.17, 15) is 15.1 Å². The largest absolute Gasteiger partial charge is 1.00 e. The molecule has 1 atom stereocenters. The van der Waals surface area contributed by atoms with Gasteiger partial charge in [-0.05, 0) is 19.3 Å². The Bertz CT molecular complexity index is 187. The quantitative estimate of drug-likeness (QED) is 0.396. The van der Waals surface area contributed by atoms with Crippen molar-refractivity contribution in [2.24, 2.45) is 5.92 Å². The average Bonchev–Trinajstić information content (AvgIpc) is 2.01. The molecule has 0 aliphatic carbocycles. The van der Waals surface area contributed by atoms with Gasteiger partial charge in [-0.3, -0.25) is 0 Å². The molecule has 0 spiro atoms. The van der Waals surface area contributed by atoms with Gasteiger partial charge in [0, 0.05) is 6.54 Å². The van der Waals surface area contributed by atoms with Gasteiger partial charge in [0.1, 0.15) is 0 Å². The standard InChI is InChI=1S/C9H19NO3.Na/c1-5-9(4,8(11)12)10(13)6-7(2)3;/h7,13H,5-6H2,1-4H3,(H,11,12);/q;+1/p-1. The van der Waals surface area contributed by atoms with E-state index in [-0.39, 0.29) is 35.5 Å². The predicted molar refractivity (Wildman–Crippen MR) is 47.0 cm³/mol. The molecule has 0 heterocycles. The van der Waals surface area contributed by atoms with Gasteiger partial charge >= 0.3 is 29.6 Å². The molecule has 0 fully saturated rings. The van der Waals surface area contributed by atoms with Crippen LogP contribution >= 0.6 is 0 Å². The third kappa shape index (κ3) is 4.28. The van der Waals surface area contributed by atoms with Crippen LogP contribution in [-0.2, 0) is 4.79 Å². The number of carboxylic acids is 1. The molecule has 0 aliphatic heterocycles. The Morgan fingerprint density at radius 3 is 2.21 bits per heavy atom. The first kappa shape index (κ1) is 16.8. The molecule has 0 aromatic heterocycles. The van der Waals surface area contributed by atoms with Crippen LogP contribution < -0.4 is 34.7 Å². The van der Waals surface area contributed by atoms with E-state index in [1.54, 1.807) is 6.92 Å². The fourth-order valence-electron chi connectivity index (χ4n) is 0.980. The average molecular weight is 211 g/mol. The summed E-state index contributed by atoms with van der Waals surface area (Å²) in [4.78, 5) is 10.8. The summed E-state index contributed by atoms with van der Waals surface area (Å²) in [5, 5.41) is 21.1. The van der Waals surface area contributed by atoms with E-state index in [0.29, 0.717) is 13.0 Å². The maximum atomic E-state index is 10.8. The van der Waals surface area contributed by atoms with Crippen molar-refractivity contribution in [2.45, 2.75) is 39.7 Å². The van der Waals surface area contributed by atoms with Crippen LogP contribution in [0.25, 0.3) is 0 Å². The zero-order valence-corrected chi connectivity index (χ0v) is 11.7. The van der Waals surface area contributed by atoms with E-state index in [1.807, 2.05) is 13.8 Å². The van der Waals surface area contributed by atoms with Crippen LogP contribution in [0.1, 0.15) is 34.1 Å². The third-order valence-corrected chi connectivity index (χ3v) is 2.24. The van der Waals surface area contributed by atoms with Crippen molar-refractivity contribution in [3.05, 3.63) is 0 Å². The van der Waals surface area contributed by atoms with Crippen LogP contribution in [-0.4, -0.2) is 28.3 Å². The fourth-order valence-corrected chi connectivity index (χ4v) is 0.980. The number of hydroxylamine groups is 2. The van der Waals surface area contributed by atoms with Gasteiger partial charge in [0.2, 0.25) is 0 Å².